The number of ether oxygens (including phenoxy) is 1. The molecule has 0 bridgehead atoms. The van der Waals surface area contributed by atoms with E-state index in [4.69, 9.17) is 4.74 Å². The van der Waals surface area contributed by atoms with Crippen LogP contribution in [0.5, 0.6) is 0 Å². The van der Waals surface area contributed by atoms with Crippen LogP contribution in [0, 0.1) is 5.41 Å². The van der Waals surface area contributed by atoms with Crippen molar-refractivity contribution in [2.24, 2.45) is 5.41 Å². The van der Waals surface area contributed by atoms with E-state index in [1.807, 2.05) is 0 Å². The van der Waals surface area contributed by atoms with Crippen molar-refractivity contribution in [1.82, 2.24) is 10.6 Å². The zero-order valence-electron chi connectivity index (χ0n) is 10.1. The van der Waals surface area contributed by atoms with Crippen molar-refractivity contribution in [3.63, 3.8) is 0 Å². The maximum atomic E-state index is 11.8. The molecule has 1 aliphatic heterocycles. The van der Waals surface area contributed by atoms with Gasteiger partial charge in [-0.1, -0.05) is 13.3 Å². The first-order valence-corrected chi connectivity index (χ1v) is 6.36. The first-order valence-electron chi connectivity index (χ1n) is 6.36. The Kier molecular flexibility index (Phi) is 3.82. The Morgan fingerprint density at radius 3 is 2.88 bits per heavy atom. The summed E-state index contributed by atoms with van der Waals surface area (Å²) in [6.45, 7) is 5.16. The Morgan fingerprint density at radius 2 is 2.38 bits per heavy atom. The molecule has 4 nitrogen and oxygen atoms in total. The predicted octanol–water partition coefficient (Wildman–Crippen LogP) is 0.671. The van der Waals surface area contributed by atoms with Gasteiger partial charge in [-0.05, 0) is 24.7 Å². The zero-order valence-corrected chi connectivity index (χ0v) is 10.1. The quantitative estimate of drug-likeness (QED) is 0.741. The minimum absolute atomic E-state index is 0.0481. The van der Waals surface area contributed by atoms with E-state index < -0.39 is 0 Å². The van der Waals surface area contributed by atoms with E-state index in [2.05, 4.69) is 17.6 Å². The molecule has 0 aromatic carbocycles. The van der Waals surface area contributed by atoms with Crippen LogP contribution in [0.2, 0.25) is 0 Å². The fourth-order valence-corrected chi connectivity index (χ4v) is 2.45. The lowest BCUT2D eigenvalue weighted by Gasteiger charge is -2.41. The van der Waals surface area contributed by atoms with Gasteiger partial charge in [-0.25, -0.2) is 0 Å². The first kappa shape index (κ1) is 11.9. The summed E-state index contributed by atoms with van der Waals surface area (Å²) >= 11 is 0. The van der Waals surface area contributed by atoms with Crippen LogP contribution in [-0.4, -0.2) is 38.3 Å². The fraction of sp³-hybridized carbons (Fsp3) is 0.917. The lowest BCUT2D eigenvalue weighted by Crippen LogP contribution is -2.50. The van der Waals surface area contributed by atoms with Crippen LogP contribution in [0.15, 0.2) is 0 Å². The number of morpholine rings is 1. The van der Waals surface area contributed by atoms with Crippen molar-refractivity contribution in [1.29, 1.82) is 0 Å². The van der Waals surface area contributed by atoms with Crippen molar-refractivity contribution >= 4 is 5.91 Å². The van der Waals surface area contributed by atoms with Crippen molar-refractivity contribution < 1.29 is 9.53 Å². The van der Waals surface area contributed by atoms with Gasteiger partial charge in [0.05, 0.1) is 6.61 Å². The van der Waals surface area contributed by atoms with E-state index in [0.29, 0.717) is 18.6 Å². The van der Waals surface area contributed by atoms with Crippen LogP contribution in [0.4, 0.5) is 0 Å². The highest BCUT2D eigenvalue weighted by molar-refractivity contribution is 5.81. The van der Waals surface area contributed by atoms with Crippen LogP contribution >= 0.6 is 0 Å². The third-order valence-corrected chi connectivity index (χ3v) is 4.02. The molecule has 16 heavy (non-hydrogen) atoms. The fourth-order valence-electron chi connectivity index (χ4n) is 2.45. The van der Waals surface area contributed by atoms with E-state index in [1.54, 1.807) is 0 Å². The highest BCUT2D eigenvalue weighted by atomic mass is 16.5. The lowest BCUT2D eigenvalue weighted by atomic mass is 9.67. The second-order valence-corrected chi connectivity index (χ2v) is 4.99. The molecule has 2 rings (SSSR count). The lowest BCUT2D eigenvalue weighted by molar-refractivity contribution is -0.135. The van der Waals surface area contributed by atoms with E-state index in [1.165, 1.54) is 19.3 Å². The Hall–Kier alpha value is -0.610. The summed E-state index contributed by atoms with van der Waals surface area (Å²) in [5.74, 6) is 0.0481. The van der Waals surface area contributed by atoms with Gasteiger partial charge in [-0.3, -0.25) is 4.79 Å². The molecule has 1 amide bonds. The molecule has 2 fully saturated rings. The molecular formula is C12H22N2O2. The number of carbonyl (C=O) groups is 1. The molecule has 1 aliphatic carbocycles. The average molecular weight is 226 g/mol. The SMILES string of the molecule is CCC1(CNC(=O)C2CNCCO2)CCC1. The molecule has 2 aliphatic rings. The van der Waals surface area contributed by atoms with Gasteiger partial charge in [-0.15, -0.1) is 0 Å². The molecule has 2 N–H and O–H groups in total. The first-order chi connectivity index (χ1) is 7.76. The van der Waals surface area contributed by atoms with Gasteiger partial charge in [-0.2, -0.15) is 0 Å². The van der Waals surface area contributed by atoms with Gasteiger partial charge >= 0.3 is 0 Å². The second kappa shape index (κ2) is 5.15. The summed E-state index contributed by atoms with van der Waals surface area (Å²) in [6, 6.07) is 0. The third-order valence-electron chi connectivity index (χ3n) is 4.02. The number of hydrogen-bond acceptors (Lipinski definition) is 3. The summed E-state index contributed by atoms with van der Waals surface area (Å²) < 4.78 is 5.42. The van der Waals surface area contributed by atoms with Crippen molar-refractivity contribution in [3.05, 3.63) is 0 Å². The van der Waals surface area contributed by atoms with Crippen LogP contribution in [0.1, 0.15) is 32.6 Å². The monoisotopic (exact) mass is 226 g/mol. The van der Waals surface area contributed by atoms with Crippen molar-refractivity contribution in [2.75, 3.05) is 26.2 Å². The predicted molar refractivity (Wildman–Crippen MR) is 62.2 cm³/mol. The normalized spacial score (nSPS) is 28.2. The summed E-state index contributed by atoms with van der Waals surface area (Å²) in [7, 11) is 0. The van der Waals surface area contributed by atoms with Crippen LogP contribution in [0.3, 0.4) is 0 Å². The Balaban J connectivity index is 1.74. The number of rotatable bonds is 4. The van der Waals surface area contributed by atoms with Gasteiger partial charge in [0.2, 0.25) is 5.91 Å². The standard InChI is InChI=1S/C12H22N2O2/c1-2-12(4-3-5-12)9-14-11(15)10-8-13-6-7-16-10/h10,13H,2-9H2,1H3,(H,14,15). The molecule has 1 heterocycles. The van der Waals surface area contributed by atoms with Gasteiger partial charge in [0, 0.05) is 19.6 Å². The summed E-state index contributed by atoms with van der Waals surface area (Å²) in [5, 5.41) is 6.21. The van der Waals surface area contributed by atoms with E-state index in [9.17, 15) is 4.79 Å². The number of nitrogens with one attached hydrogen (secondary N) is 2. The van der Waals surface area contributed by atoms with E-state index >= 15 is 0 Å². The van der Waals surface area contributed by atoms with E-state index in [0.717, 1.165) is 19.5 Å². The summed E-state index contributed by atoms with van der Waals surface area (Å²) in [6.07, 6.45) is 4.70. The Labute approximate surface area is 97.1 Å². The van der Waals surface area contributed by atoms with Gasteiger partial charge in [0.25, 0.3) is 0 Å². The zero-order chi connectivity index (χ0) is 11.4. The summed E-state index contributed by atoms with van der Waals surface area (Å²) in [5.41, 5.74) is 0.387. The molecular weight excluding hydrogens is 204 g/mol. The molecule has 0 aromatic rings. The highest BCUT2D eigenvalue weighted by Gasteiger charge is 2.35. The molecule has 0 radical (unpaired) electrons. The molecule has 0 aromatic heterocycles. The molecule has 92 valence electrons. The van der Waals surface area contributed by atoms with Gasteiger partial charge in [0.15, 0.2) is 0 Å². The minimum atomic E-state index is -0.289. The molecule has 1 atom stereocenters. The van der Waals surface area contributed by atoms with Crippen LogP contribution in [0.25, 0.3) is 0 Å². The molecule has 0 spiro atoms. The van der Waals surface area contributed by atoms with Crippen molar-refractivity contribution in [2.45, 2.75) is 38.7 Å². The van der Waals surface area contributed by atoms with E-state index in [-0.39, 0.29) is 12.0 Å². The smallest absolute Gasteiger partial charge is 0.250 e. The number of amides is 1. The second-order valence-electron chi connectivity index (χ2n) is 4.99. The summed E-state index contributed by atoms with van der Waals surface area (Å²) in [4.78, 5) is 11.8. The van der Waals surface area contributed by atoms with Crippen molar-refractivity contribution in [3.8, 4) is 0 Å². The Bertz CT molecular complexity index is 240. The Morgan fingerprint density at radius 1 is 1.56 bits per heavy atom. The number of hydrogen-bond donors (Lipinski definition) is 2. The van der Waals surface area contributed by atoms with Crippen LogP contribution < -0.4 is 10.6 Å². The van der Waals surface area contributed by atoms with Crippen LogP contribution in [-0.2, 0) is 9.53 Å². The molecule has 4 heteroatoms. The maximum Gasteiger partial charge on any atom is 0.250 e. The average Bonchev–Trinajstić information content (AvgIpc) is 2.29. The molecule has 1 saturated heterocycles. The maximum absolute atomic E-state index is 11.8. The minimum Gasteiger partial charge on any atom is -0.366 e. The molecule has 1 unspecified atom stereocenters. The van der Waals surface area contributed by atoms with Gasteiger partial charge in [0.1, 0.15) is 6.10 Å². The number of carbonyl (C=O) groups excluding carboxylic acids is 1. The topological polar surface area (TPSA) is 50.4 Å². The third kappa shape index (κ3) is 2.55. The molecule has 1 saturated carbocycles. The van der Waals surface area contributed by atoms with Gasteiger partial charge < -0.3 is 15.4 Å². The highest BCUT2D eigenvalue weighted by Crippen LogP contribution is 2.42. The largest absolute Gasteiger partial charge is 0.366 e.